The van der Waals surface area contributed by atoms with E-state index >= 15 is 0 Å². The summed E-state index contributed by atoms with van der Waals surface area (Å²) in [4.78, 5) is 23.3. The predicted octanol–water partition coefficient (Wildman–Crippen LogP) is 1.53. The maximum Gasteiger partial charge on any atom is 0.336 e. The summed E-state index contributed by atoms with van der Waals surface area (Å²) >= 11 is 0. The molecule has 1 aromatic rings. The first-order chi connectivity index (χ1) is 8.75. The van der Waals surface area contributed by atoms with Gasteiger partial charge in [0, 0.05) is 18.7 Å². The molecule has 3 amide bonds. The minimum atomic E-state index is -0.467. The molecule has 1 aliphatic rings. The highest BCUT2D eigenvalue weighted by Gasteiger charge is 2.14. The summed E-state index contributed by atoms with van der Waals surface area (Å²) in [6, 6.07) is 8.22. The number of imide groups is 1. The van der Waals surface area contributed by atoms with Gasteiger partial charge in [-0.2, -0.15) is 0 Å². The minimum absolute atomic E-state index is 0.384. The summed E-state index contributed by atoms with van der Waals surface area (Å²) in [5.41, 5.74) is 3.16. The van der Waals surface area contributed by atoms with Crippen LogP contribution in [0.25, 0.3) is 0 Å². The molecule has 1 fully saturated rings. The molecule has 0 spiro atoms. The van der Waals surface area contributed by atoms with E-state index < -0.39 is 6.03 Å². The molecule has 18 heavy (non-hydrogen) atoms. The van der Waals surface area contributed by atoms with Gasteiger partial charge in [-0.1, -0.05) is 24.6 Å². The average Bonchev–Trinajstić information content (AvgIpc) is 2.40. The van der Waals surface area contributed by atoms with Crippen LogP contribution in [-0.2, 0) is 0 Å². The summed E-state index contributed by atoms with van der Waals surface area (Å²) < 4.78 is 0. The number of carbonyl (C=O) groups excluding carboxylic acids is 2. The lowest BCUT2D eigenvalue weighted by Gasteiger charge is -2.26. The molecule has 2 rings (SSSR count). The van der Waals surface area contributed by atoms with Gasteiger partial charge in [-0.25, -0.2) is 9.80 Å². The van der Waals surface area contributed by atoms with Crippen LogP contribution in [0.1, 0.15) is 29.6 Å². The monoisotopic (exact) mass is 247 g/mol. The molecule has 1 saturated heterocycles. The number of hydrogen-bond donors (Lipinski definition) is 2. The molecule has 0 saturated carbocycles. The van der Waals surface area contributed by atoms with Gasteiger partial charge in [-0.05, 0) is 25.0 Å². The lowest BCUT2D eigenvalue weighted by Crippen LogP contribution is -2.50. The van der Waals surface area contributed by atoms with E-state index in [-0.39, 0.29) is 5.91 Å². The zero-order valence-electron chi connectivity index (χ0n) is 10.2. The number of urea groups is 1. The van der Waals surface area contributed by atoms with E-state index in [9.17, 15) is 9.59 Å². The van der Waals surface area contributed by atoms with Crippen LogP contribution in [0.2, 0.25) is 0 Å². The number of carbonyl (C=O) groups is 2. The number of rotatable bonds is 2. The van der Waals surface area contributed by atoms with Crippen LogP contribution >= 0.6 is 0 Å². The van der Waals surface area contributed by atoms with Crippen LogP contribution in [0, 0.1) is 0 Å². The quantitative estimate of drug-likeness (QED) is 0.833. The van der Waals surface area contributed by atoms with Gasteiger partial charge < -0.3 is 0 Å². The molecule has 0 bridgehead atoms. The Morgan fingerprint density at radius 2 is 1.67 bits per heavy atom. The standard InChI is InChI=1S/C13H17N3O2/c17-12(11-7-3-1-4-8-11)14-13(18)15-16-9-5-2-6-10-16/h1,3-4,7-8H,2,5-6,9-10H2,(H2,14,15,17,18). The molecular formula is C13H17N3O2. The number of nitrogens with zero attached hydrogens (tertiary/aromatic N) is 1. The molecule has 1 heterocycles. The second kappa shape index (κ2) is 6.16. The van der Waals surface area contributed by atoms with E-state index in [0.29, 0.717) is 5.56 Å². The zero-order valence-corrected chi connectivity index (χ0v) is 10.2. The van der Waals surface area contributed by atoms with Crippen LogP contribution in [0.3, 0.4) is 0 Å². The molecule has 5 heteroatoms. The predicted molar refractivity (Wildman–Crippen MR) is 67.9 cm³/mol. The maximum atomic E-state index is 11.7. The Morgan fingerprint density at radius 1 is 1.00 bits per heavy atom. The highest BCUT2D eigenvalue weighted by Crippen LogP contribution is 2.05. The Bertz CT molecular complexity index is 414. The van der Waals surface area contributed by atoms with Crippen molar-refractivity contribution in [3.63, 3.8) is 0 Å². The molecule has 0 radical (unpaired) electrons. The van der Waals surface area contributed by atoms with E-state index in [4.69, 9.17) is 0 Å². The first kappa shape index (κ1) is 12.6. The van der Waals surface area contributed by atoms with Crippen LogP contribution in [0.4, 0.5) is 4.79 Å². The first-order valence-corrected chi connectivity index (χ1v) is 6.17. The van der Waals surface area contributed by atoms with Crippen molar-refractivity contribution >= 4 is 11.9 Å². The van der Waals surface area contributed by atoms with E-state index in [2.05, 4.69) is 10.7 Å². The van der Waals surface area contributed by atoms with Crippen molar-refractivity contribution in [2.45, 2.75) is 19.3 Å². The van der Waals surface area contributed by atoms with Gasteiger partial charge >= 0.3 is 6.03 Å². The molecule has 0 unspecified atom stereocenters. The van der Waals surface area contributed by atoms with Crippen LogP contribution < -0.4 is 10.7 Å². The largest absolute Gasteiger partial charge is 0.336 e. The van der Waals surface area contributed by atoms with E-state index in [1.54, 1.807) is 24.3 Å². The molecule has 1 aromatic carbocycles. The SMILES string of the molecule is O=C(NC(=O)c1ccccc1)NN1CCCCC1. The van der Waals surface area contributed by atoms with Gasteiger partial charge in [0.25, 0.3) is 5.91 Å². The summed E-state index contributed by atoms with van der Waals surface area (Å²) in [6.45, 7) is 1.68. The second-order valence-corrected chi connectivity index (χ2v) is 4.31. The third-order valence-electron chi connectivity index (χ3n) is 2.88. The molecule has 5 nitrogen and oxygen atoms in total. The normalized spacial score (nSPS) is 16.0. The van der Waals surface area contributed by atoms with Gasteiger partial charge in [-0.3, -0.25) is 15.5 Å². The van der Waals surface area contributed by atoms with Gasteiger partial charge in [0.1, 0.15) is 0 Å². The first-order valence-electron chi connectivity index (χ1n) is 6.17. The van der Waals surface area contributed by atoms with E-state index in [0.717, 1.165) is 25.9 Å². The molecule has 0 aliphatic carbocycles. The van der Waals surface area contributed by atoms with Gasteiger partial charge in [-0.15, -0.1) is 0 Å². The number of hydrogen-bond acceptors (Lipinski definition) is 3. The van der Waals surface area contributed by atoms with Crippen molar-refractivity contribution in [3.05, 3.63) is 35.9 Å². The fourth-order valence-corrected chi connectivity index (χ4v) is 1.94. The molecule has 96 valence electrons. The summed E-state index contributed by atoms with van der Waals surface area (Å²) in [7, 11) is 0. The Morgan fingerprint density at radius 3 is 2.33 bits per heavy atom. The molecule has 0 aromatic heterocycles. The van der Waals surface area contributed by atoms with Crippen molar-refractivity contribution in [2.75, 3.05) is 13.1 Å². The van der Waals surface area contributed by atoms with Crippen LogP contribution in [-0.4, -0.2) is 30.0 Å². The molecule has 0 atom stereocenters. The van der Waals surface area contributed by atoms with Crippen molar-refractivity contribution in [3.8, 4) is 0 Å². The van der Waals surface area contributed by atoms with Gasteiger partial charge in [0.2, 0.25) is 0 Å². The summed E-state index contributed by atoms with van der Waals surface area (Å²) in [6.07, 6.45) is 3.35. The summed E-state index contributed by atoms with van der Waals surface area (Å²) in [5.74, 6) is -0.384. The number of amides is 3. The molecule has 2 N–H and O–H groups in total. The lowest BCUT2D eigenvalue weighted by molar-refractivity contribution is 0.0949. The highest BCUT2D eigenvalue weighted by molar-refractivity contribution is 6.04. The van der Waals surface area contributed by atoms with Crippen LogP contribution in [0.5, 0.6) is 0 Å². The van der Waals surface area contributed by atoms with Crippen LogP contribution in [0.15, 0.2) is 30.3 Å². The topological polar surface area (TPSA) is 61.4 Å². The minimum Gasteiger partial charge on any atom is -0.273 e. The third-order valence-corrected chi connectivity index (χ3v) is 2.88. The smallest absolute Gasteiger partial charge is 0.273 e. The van der Waals surface area contributed by atoms with Gasteiger partial charge in [0.15, 0.2) is 0 Å². The maximum absolute atomic E-state index is 11.7. The van der Waals surface area contributed by atoms with Crippen molar-refractivity contribution in [2.24, 2.45) is 0 Å². The Kier molecular flexibility index (Phi) is 4.30. The highest BCUT2D eigenvalue weighted by atomic mass is 16.2. The fraction of sp³-hybridized carbons (Fsp3) is 0.385. The lowest BCUT2D eigenvalue weighted by atomic mass is 10.2. The van der Waals surface area contributed by atoms with Crippen molar-refractivity contribution < 1.29 is 9.59 Å². The van der Waals surface area contributed by atoms with Crippen molar-refractivity contribution in [1.29, 1.82) is 0 Å². The van der Waals surface area contributed by atoms with Gasteiger partial charge in [0.05, 0.1) is 0 Å². The summed E-state index contributed by atoms with van der Waals surface area (Å²) in [5, 5.41) is 4.16. The number of hydrazine groups is 1. The third kappa shape index (κ3) is 3.56. The van der Waals surface area contributed by atoms with E-state index in [1.165, 1.54) is 6.42 Å². The average molecular weight is 247 g/mol. The Hall–Kier alpha value is -1.88. The molecular weight excluding hydrogens is 230 g/mol. The fourth-order valence-electron chi connectivity index (χ4n) is 1.94. The zero-order chi connectivity index (χ0) is 12.8. The molecule has 1 aliphatic heterocycles. The van der Waals surface area contributed by atoms with E-state index in [1.807, 2.05) is 11.1 Å². The number of benzene rings is 1. The Labute approximate surface area is 106 Å². The number of piperidine rings is 1. The Balaban J connectivity index is 1.82. The van der Waals surface area contributed by atoms with Crippen molar-refractivity contribution in [1.82, 2.24) is 15.8 Å². The second-order valence-electron chi connectivity index (χ2n) is 4.31. The number of nitrogens with one attached hydrogen (secondary N) is 2.